The van der Waals surface area contributed by atoms with Gasteiger partial charge in [-0.15, -0.1) is 0 Å². The molecule has 0 bridgehead atoms. The van der Waals surface area contributed by atoms with E-state index in [0.717, 1.165) is 13.0 Å². The maximum Gasteiger partial charge on any atom is 0.321 e. The number of carbonyl (C=O) groups is 2. The highest BCUT2D eigenvalue weighted by Gasteiger charge is 2.30. The van der Waals surface area contributed by atoms with E-state index in [4.69, 9.17) is 0 Å². The molecule has 1 aliphatic carbocycles. The summed E-state index contributed by atoms with van der Waals surface area (Å²) >= 11 is 0. The van der Waals surface area contributed by atoms with Crippen LogP contribution < -0.4 is 10.6 Å². The van der Waals surface area contributed by atoms with E-state index in [2.05, 4.69) is 29.4 Å². The number of rotatable bonds is 7. The summed E-state index contributed by atoms with van der Waals surface area (Å²) in [5.41, 5.74) is 0. The third kappa shape index (κ3) is 6.00. The van der Waals surface area contributed by atoms with Gasteiger partial charge in [0, 0.05) is 12.6 Å². The molecule has 1 saturated carbocycles. The minimum Gasteiger partial charge on any atom is -0.338 e. The second-order valence-corrected chi connectivity index (χ2v) is 5.29. The molecule has 1 rings (SSSR count). The van der Waals surface area contributed by atoms with Crippen LogP contribution in [0.25, 0.3) is 0 Å². The molecule has 1 fully saturated rings. The number of hydrogen-bond donors (Lipinski definition) is 2. The number of urea groups is 1. The van der Waals surface area contributed by atoms with Gasteiger partial charge in [-0.3, -0.25) is 15.0 Å². The fraction of sp³-hybridized carbons (Fsp3) is 0.846. The van der Waals surface area contributed by atoms with Crippen LogP contribution in [0.3, 0.4) is 0 Å². The van der Waals surface area contributed by atoms with Gasteiger partial charge in [0.1, 0.15) is 0 Å². The first-order valence-corrected chi connectivity index (χ1v) is 6.84. The van der Waals surface area contributed by atoms with E-state index in [0.29, 0.717) is 25.0 Å². The lowest BCUT2D eigenvalue weighted by Crippen LogP contribution is -2.45. The zero-order valence-corrected chi connectivity index (χ0v) is 11.7. The number of carbonyl (C=O) groups excluding carboxylic acids is 2. The Kier molecular flexibility index (Phi) is 6.12. The third-order valence-electron chi connectivity index (χ3n) is 2.99. The summed E-state index contributed by atoms with van der Waals surface area (Å²) in [6.07, 6.45) is 3.43. The van der Waals surface area contributed by atoms with Crippen LogP contribution in [0, 0.1) is 5.92 Å². The van der Waals surface area contributed by atoms with Crippen molar-refractivity contribution in [1.29, 1.82) is 0 Å². The fourth-order valence-electron chi connectivity index (χ4n) is 1.81. The van der Waals surface area contributed by atoms with Gasteiger partial charge < -0.3 is 5.32 Å². The van der Waals surface area contributed by atoms with Crippen LogP contribution in [0.5, 0.6) is 0 Å². The molecule has 0 heterocycles. The minimum atomic E-state index is -0.401. The average Bonchev–Trinajstić information content (AvgIpc) is 3.07. The molecule has 0 spiro atoms. The molecule has 1 aliphatic rings. The first kappa shape index (κ1) is 15.0. The van der Waals surface area contributed by atoms with Gasteiger partial charge in [-0.2, -0.15) is 0 Å². The monoisotopic (exact) mass is 255 g/mol. The lowest BCUT2D eigenvalue weighted by atomic mass is 10.1. The van der Waals surface area contributed by atoms with Crippen LogP contribution in [0.4, 0.5) is 4.79 Å². The zero-order valence-electron chi connectivity index (χ0n) is 11.7. The Hall–Kier alpha value is -1.10. The van der Waals surface area contributed by atoms with Crippen molar-refractivity contribution in [2.45, 2.75) is 46.1 Å². The predicted octanol–water partition coefficient (Wildman–Crippen LogP) is 1.34. The summed E-state index contributed by atoms with van der Waals surface area (Å²) in [4.78, 5) is 25.1. The molecule has 0 saturated heterocycles. The van der Waals surface area contributed by atoms with Crippen molar-refractivity contribution in [3.05, 3.63) is 0 Å². The molecular weight excluding hydrogens is 230 g/mol. The topological polar surface area (TPSA) is 61.4 Å². The number of nitrogens with one attached hydrogen (secondary N) is 2. The number of imide groups is 1. The van der Waals surface area contributed by atoms with E-state index in [1.165, 1.54) is 12.8 Å². The van der Waals surface area contributed by atoms with E-state index in [9.17, 15) is 9.59 Å². The Morgan fingerprint density at radius 2 is 2.00 bits per heavy atom. The summed E-state index contributed by atoms with van der Waals surface area (Å²) < 4.78 is 0. The quantitative estimate of drug-likeness (QED) is 0.721. The average molecular weight is 255 g/mol. The smallest absolute Gasteiger partial charge is 0.321 e. The molecule has 0 aromatic rings. The highest BCUT2D eigenvalue weighted by molar-refractivity contribution is 5.95. The zero-order chi connectivity index (χ0) is 13.5. The molecule has 18 heavy (non-hydrogen) atoms. The van der Waals surface area contributed by atoms with Crippen molar-refractivity contribution < 1.29 is 9.59 Å². The summed E-state index contributed by atoms with van der Waals surface area (Å²) in [5.74, 6) is 0.425. The van der Waals surface area contributed by atoms with Crippen LogP contribution >= 0.6 is 0 Å². The molecule has 0 unspecified atom stereocenters. The van der Waals surface area contributed by atoms with Crippen molar-refractivity contribution in [3.63, 3.8) is 0 Å². The van der Waals surface area contributed by atoms with Gasteiger partial charge >= 0.3 is 6.03 Å². The number of amides is 3. The fourth-order valence-corrected chi connectivity index (χ4v) is 1.81. The molecule has 3 amide bonds. The Morgan fingerprint density at radius 3 is 2.50 bits per heavy atom. The van der Waals surface area contributed by atoms with Crippen molar-refractivity contribution in [2.24, 2.45) is 5.92 Å². The van der Waals surface area contributed by atoms with Crippen LogP contribution in [-0.4, -0.2) is 42.5 Å². The molecule has 5 heteroatoms. The maximum absolute atomic E-state index is 11.7. The first-order chi connectivity index (χ1) is 8.52. The third-order valence-corrected chi connectivity index (χ3v) is 2.99. The molecule has 2 N–H and O–H groups in total. The number of nitrogens with zero attached hydrogens (tertiary/aromatic N) is 1. The van der Waals surface area contributed by atoms with Crippen molar-refractivity contribution in [2.75, 3.05) is 19.6 Å². The highest BCUT2D eigenvalue weighted by atomic mass is 16.2. The molecule has 0 radical (unpaired) electrons. The molecule has 0 aromatic carbocycles. The number of hydrogen-bond acceptors (Lipinski definition) is 3. The van der Waals surface area contributed by atoms with Gasteiger partial charge in [0.05, 0.1) is 6.54 Å². The summed E-state index contributed by atoms with van der Waals surface area (Å²) in [7, 11) is 0. The van der Waals surface area contributed by atoms with Gasteiger partial charge in [-0.05, 0) is 38.6 Å². The minimum absolute atomic E-state index is 0.211. The predicted molar refractivity (Wildman–Crippen MR) is 71.3 cm³/mol. The molecule has 5 nitrogen and oxygen atoms in total. The normalized spacial score (nSPS) is 14.9. The Labute approximate surface area is 109 Å². The molecule has 104 valence electrons. The Balaban J connectivity index is 2.31. The second kappa shape index (κ2) is 7.36. The largest absolute Gasteiger partial charge is 0.338 e. The van der Waals surface area contributed by atoms with Crippen LogP contribution in [0.1, 0.15) is 40.0 Å². The summed E-state index contributed by atoms with van der Waals surface area (Å²) in [6.45, 7) is 7.97. The molecule has 0 aromatic heterocycles. The van der Waals surface area contributed by atoms with Gasteiger partial charge in [0.2, 0.25) is 5.91 Å². The Bertz CT molecular complexity index is 288. The van der Waals surface area contributed by atoms with E-state index in [-0.39, 0.29) is 5.91 Å². The lowest BCUT2D eigenvalue weighted by Gasteiger charge is -2.22. The van der Waals surface area contributed by atoms with Gasteiger partial charge in [-0.1, -0.05) is 13.8 Å². The van der Waals surface area contributed by atoms with Crippen LogP contribution in [0.15, 0.2) is 0 Å². The Morgan fingerprint density at radius 1 is 1.33 bits per heavy atom. The maximum atomic E-state index is 11.7. The van der Waals surface area contributed by atoms with Crippen molar-refractivity contribution in [3.8, 4) is 0 Å². The highest BCUT2D eigenvalue weighted by Crippen LogP contribution is 2.27. The summed E-state index contributed by atoms with van der Waals surface area (Å²) in [6, 6.07) is 0.144. The van der Waals surface area contributed by atoms with Gasteiger partial charge in [0.25, 0.3) is 0 Å². The van der Waals surface area contributed by atoms with Crippen LogP contribution in [-0.2, 0) is 4.79 Å². The van der Waals surface area contributed by atoms with Gasteiger partial charge in [0.15, 0.2) is 0 Å². The SMILES string of the molecule is CCNC(=O)NC(=O)CN(CCC(C)C)C1CC1. The van der Waals surface area contributed by atoms with Gasteiger partial charge in [-0.25, -0.2) is 4.79 Å². The molecular formula is C13H25N3O2. The van der Waals surface area contributed by atoms with E-state index >= 15 is 0 Å². The lowest BCUT2D eigenvalue weighted by molar-refractivity contribution is -0.121. The first-order valence-electron chi connectivity index (χ1n) is 6.84. The molecule has 0 atom stereocenters. The second-order valence-electron chi connectivity index (χ2n) is 5.29. The van der Waals surface area contributed by atoms with Crippen molar-refractivity contribution >= 4 is 11.9 Å². The van der Waals surface area contributed by atoms with E-state index in [1.807, 2.05) is 6.92 Å². The molecule has 0 aliphatic heterocycles. The van der Waals surface area contributed by atoms with Crippen LogP contribution in [0.2, 0.25) is 0 Å². The van der Waals surface area contributed by atoms with E-state index in [1.54, 1.807) is 0 Å². The van der Waals surface area contributed by atoms with E-state index < -0.39 is 6.03 Å². The summed E-state index contributed by atoms with van der Waals surface area (Å²) in [5, 5.41) is 4.91. The standard InChI is InChI=1S/C13H25N3O2/c1-4-14-13(18)15-12(17)9-16(11-5-6-11)8-7-10(2)3/h10-11H,4-9H2,1-3H3,(H2,14,15,17,18). The van der Waals surface area contributed by atoms with Crippen molar-refractivity contribution in [1.82, 2.24) is 15.5 Å².